The molecule has 11 nitrogen and oxygen atoms in total. The van der Waals surface area contributed by atoms with Crippen molar-refractivity contribution < 1.29 is 59.8 Å². The van der Waals surface area contributed by atoms with Gasteiger partial charge in [0.1, 0.15) is 13.2 Å². The maximum absolute atomic E-state index is 12.9. The van der Waals surface area contributed by atoms with Gasteiger partial charge < -0.3 is 41.4 Å². The molecular formula is C40H82F2NO10Si2+. The molecule has 0 aromatic carbocycles. The van der Waals surface area contributed by atoms with Crippen LogP contribution in [-0.2, 0) is 46.6 Å². The fourth-order valence-electron chi connectivity index (χ4n) is 5.70. The van der Waals surface area contributed by atoms with E-state index in [1.54, 1.807) is 0 Å². The minimum absolute atomic E-state index is 0.0311. The number of carbonyl (C=O) groups excluding carboxylic acids is 2. The first kappa shape index (κ1) is 54.0. The van der Waals surface area contributed by atoms with Gasteiger partial charge in [0.25, 0.3) is 0 Å². The molecule has 0 aliphatic rings. The van der Waals surface area contributed by atoms with Crippen LogP contribution in [0.4, 0.5) is 8.78 Å². The van der Waals surface area contributed by atoms with Crippen molar-refractivity contribution in [2.24, 2.45) is 10.8 Å². The van der Waals surface area contributed by atoms with Gasteiger partial charge in [0, 0.05) is 70.6 Å². The van der Waals surface area contributed by atoms with Crippen molar-refractivity contribution in [3.05, 3.63) is 0 Å². The van der Waals surface area contributed by atoms with E-state index in [0.29, 0.717) is 58.3 Å². The molecule has 0 aromatic heterocycles. The van der Waals surface area contributed by atoms with Gasteiger partial charge in [-0.2, -0.15) is 0 Å². The Hall–Kier alpha value is -1.05. The van der Waals surface area contributed by atoms with Crippen LogP contribution in [0.1, 0.15) is 99.3 Å². The number of esters is 2. The van der Waals surface area contributed by atoms with Crippen molar-refractivity contribution in [1.82, 2.24) is 0 Å². The molecule has 0 N–H and O–H groups in total. The van der Waals surface area contributed by atoms with E-state index in [9.17, 15) is 18.4 Å². The van der Waals surface area contributed by atoms with Crippen molar-refractivity contribution in [2.45, 2.75) is 137 Å². The predicted octanol–water partition coefficient (Wildman–Crippen LogP) is 8.39. The third-order valence-electron chi connectivity index (χ3n) is 9.37. The highest BCUT2D eigenvalue weighted by Crippen LogP contribution is 2.25. The van der Waals surface area contributed by atoms with Gasteiger partial charge in [0.15, 0.2) is 0 Å². The second-order valence-electron chi connectivity index (χ2n) is 17.4. The van der Waals surface area contributed by atoms with Crippen LogP contribution >= 0.6 is 0 Å². The van der Waals surface area contributed by atoms with E-state index in [2.05, 4.69) is 40.7 Å². The van der Waals surface area contributed by atoms with Gasteiger partial charge in [-0.3, -0.25) is 9.59 Å². The molecule has 328 valence electrons. The van der Waals surface area contributed by atoms with Gasteiger partial charge in [-0.1, -0.05) is 46.0 Å². The van der Waals surface area contributed by atoms with E-state index >= 15 is 0 Å². The molecule has 0 bridgehead atoms. The summed E-state index contributed by atoms with van der Waals surface area (Å²) in [4.78, 5) is 25.6. The number of rotatable bonds is 37. The highest BCUT2D eigenvalue weighted by molar-refractivity contribution is 6.76. The van der Waals surface area contributed by atoms with E-state index in [4.69, 9.17) is 37.0 Å². The van der Waals surface area contributed by atoms with Crippen LogP contribution in [0.25, 0.3) is 0 Å². The van der Waals surface area contributed by atoms with Gasteiger partial charge in [-0.05, 0) is 59.8 Å². The second kappa shape index (κ2) is 29.2. The molecule has 0 aromatic rings. The molecule has 2 unspecified atom stereocenters. The summed E-state index contributed by atoms with van der Waals surface area (Å²) in [5, 5.41) is 0. The van der Waals surface area contributed by atoms with Crippen molar-refractivity contribution >= 4 is 28.8 Å². The summed E-state index contributed by atoms with van der Waals surface area (Å²) in [6.45, 7) is 23.6. The quantitative estimate of drug-likeness (QED) is 0.0262. The maximum atomic E-state index is 12.9. The van der Waals surface area contributed by atoms with Crippen LogP contribution in [0.3, 0.4) is 0 Å². The molecule has 0 amide bonds. The normalized spacial score (nSPS) is 14.9. The molecule has 0 aliphatic heterocycles. The third kappa shape index (κ3) is 28.9. The van der Waals surface area contributed by atoms with Crippen molar-refractivity contribution in [3.63, 3.8) is 0 Å². The number of quaternary nitrogens is 1. The Balaban J connectivity index is 5.46. The van der Waals surface area contributed by atoms with Crippen molar-refractivity contribution in [1.29, 1.82) is 0 Å². The summed E-state index contributed by atoms with van der Waals surface area (Å²) < 4.78 is 73.9. The molecule has 0 heterocycles. The molecule has 15 heteroatoms. The van der Waals surface area contributed by atoms with E-state index in [0.717, 1.165) is 49.3 Å². The minimum Gasteiger partial charge on any atom is -0.465 e. The van der Waals surface area contributed by atoms with Crippen LogP contribution in [0.5, 0.6) is 0 Å². The molecule has 0 aliphatic carbocycles. The number of unbranched alkanes of at least 4 members (excludes halogenated alkanes) is 3. The molecular weight excluding hydrogens is 749 g/mol. The molecule has 0 rings (SSSR count). The van der Waals surface area contributed by atoms with E-state index < -0.39 is 34.1 Å². The number of halogens is 2. The van der Waals surface area contributed by atoms with Gasteiger partial charge in [-0.25, -0.2) is 8.78 Å². The molecule has 0 saturated carbocycles. The summed E-state index contributed by atoms with van der Waals surface area (Å²) in [5.74, 6) is -0.598. The topological polar surface area (TPSA) is 108 Å². The minimum atomic E-state index is -2.78. The number of nitrogens with zero attached hydrogens (tertiary/aromatic N) is 1. The number of hydrogen-bond donors (Lipinski definition) is 0. The van der Waals surface area contributed by atoms with Gasteiger partial charge >= 0.3 is 20.7 Å². The summed E-state index contributed by atoms with van der Waals surface area (Å²) >= 11 is 0. The largest absolute Gasteiger partial charge is 0.500 e. The third-order valence-corrected chi connectivity index (χ3v) is 14.4. The smallest absolute Gasteiger partial charge is 0.465 e. The van der Waals surface area contributed by atoms with Crippen LogP contribution < -0.4 is 0 Å². The zero-order valence-corrected chi connectivity index (χ0v) is 38.8. The molecule has 55 heavy (non-hydrogen) atoms. The first-order chi connectivity index (χ1) is 25.8. The highest BCUT2D eigenvalue weighted by Gasteiger charge is 2.39. The van der Waals surface area contributed by atoms with Crippen molar-refractivity contribution in [2.75, 3.05) is 99.9 Å². The zero-order valence-electron chi connectivity index (χ0n) is 36.8. The Morgan fingerprint density at radius 2 is 1.07 bits per heavy atom. The molecule has 0 fully saturated rings. The zero-order chi connectivity index (χ0) is 41.9. The first-order valence-electron chi connectivity index (χ1n) is 20.8. The van der Waals surface area contributed by atoms with E-state index in [1.807, 2.05) is 34.6 Å². The Labute approximate surface area is 336 Å². The lowest BCUT2D eigenvalue weighted by molar-refractivity contribution is -0.888. The Kier molecular flexibility index (Phi) is 28.7. The number of carbonyl (C=O) groups is 2. The summed E-state index contributed by atoms with van der Waals surface area (Å²) in [6, 6.07) is 1.78. The fraction of sp³-hybridized carbons (Fsp3) is 0.950. The molecule has 0 saturated heterocycles. The maximum Gasteiger partial charge on any atom is 0.500 e. The summed E-state index contributed by atoms with van der Waals surface area (Å²) in [7, 11) is 0.468. The van der Waals surface area contributed by atoms with Crippen LogP contribution in [0.2, 0.25) is 31.7 Å². The molecule has 0 radical (unpaired) electrons. The Morgan fingerprint density at radius 3 is 1.51 bits per heavy atom. The lowest BCUT2D eigenvalue weighted by Gasteiger charge is -2.33. The van der Waals surface area contributed by atoms with Crippen molar-refractivity contribution in [3.8, 4) is 0 Å². The van der Waals surface area contributed by atoms with Gasteiger partial charge in [0.05, 0.1) is 60.2 Å². The first-order valence-corrected chi connectivity index (χ1v) is 26.5. The summed E-state index contributed by atoms with van der Waals surface area (Å²) in [6.07, 6.45) is 2.75. The van der Waals surface area contributed by atoms with Gasteiger partial charge in [0.2, 0.25) is 6.43 Å². The van der Waals surface area contributed by atoms with E-state index in [1.165, 1.54) is 0 Å². The van der Waals surface area contributed by atoms with Gasteiger partial charge in [-0.15, -0.1) is 0 Å². The highest BCUT2D eigenvalue weighted by atomic mass is 28.4. The number of ether oxygens (including phenoxy) is 5. The monoisotopic (exact) mass is 831 g/mol. The lowest BCUT2D eigenvalue weighted by Crippen LogP contribution is -2.45. The number of hydrogen-bond acceptors (Lipinski definition) is 10. The molecule has 2 atom stereocenters. The van der Waals surface area contributed by atoms with Crippen LogP contribution in [-0.4, -0.2) is 140 Å². The van der Waals surface area contributed by atoms with Crippen LogP contribution in [0.15, 0.2) is 0 Å². The molecule has 0 spiro atoms. The Morgan fingerprint density at radius 1 is 0.618 bits per heavy atom. The standard InChI is InChI=1S/C40H82F2NO10Si2/c1-12-43(7,8)25-18-19-26-46-30-39(5,34-49-38(45)23-17-21-29-55(51-13-2,52-14-3)53-15-4)32-48-33-40(6,31-47-27-24-36(41)42)35-50-37(44)22-16-20-28-54(9,10)11/h36H,12-35H2,1-11H3/q+1. The lowest BCUT2D eigenvalue weighted by atomic mass is 9.92. The SMILES string of the molecule is CCO[Si](CCCCC(=O)OCC(C)(COCCCC[N+](C)(C)CC)COCC(C)(COCCC(F)F)COC(=O)CCCC[Si](C)(C)C)(OCC)OCC. The number of alkyl halides is 2. The second-order valence-corrected chi connectivity index (χ2v) is 25.7. The predicted molar refractivity (Wildman–Crippen MR) is 219 cm³/mol. The Bertz CT molecular complexity index is 990. The average molecular weight is 831 g/mol. The average Bonchev–Trinajstić information content (AvgIpc) is 3.10. The van der Waals surface area contributed by atoms with E-state index in [-0.39, 0.29) is 64.4 Å². The summed E-state index contributed by atoms with van der Waals surface area (Å²) in [5.41, 5.74) is -1.44. The van der Waals surface area contributed by atoms with Crippen LogP contribution in [0, 0.1) is 10.8 Å². The fourth-order valence-corrected chi connectivity index (χ4v) is 9.69.